The van der Waals surface area contributed by atoms with E-state index in [1.54, 1.807) is 12.1 Å². The number of sulfonamides is 1. The number of halogens is 1. The molecule has 1 fully saturated rings. The number of rotatable bonds is 7. The summed E-state index contributed by atoms with van der Waals surface area (Å²) in [6.07, 6.45) is 0. The minimum absolute atomic E-state index is 0.111. The lowest BCUT2D eigenvalue weighted by atomic mass is 10.1. The van der Waals surface area contributed by atoms with E-state index in [4.69, 9.17) is 11.6 Å². The Kier molecular flexibility index (Phi) is 7.75. The van der Waals surface area contributed by atoms with Crippen LogP contribution in [0, 0.1) is 6.92 Å². The fourth-order valence-electron chi connectivity index (χ4n) is 3.83. The molecule has 1 aliphatic heterocycles. The molecule has 8 heteroatoms. The summed E-state index contributed by atoms with van der Waals surface area (Å²) in [5.74, 6) is -0.111. The van der Waals surface area contributed by atoms with Gasteiger partial charge in [0.25, 0.3) is 5.91 Å². The molecule has 1 amide bonds. The Hall–Kier alpha value is -1.93. The average molecular weight is 464 g/mol. The van der Waals surface area contributed by atoms with Gasteiger partial charge in [0.2, 0.25) is 10.0 Å². The predicted molar refractivity (Wildman–Crippen MR) is 124 cm³/mol. The molecule has 2 aromatic carbocycles. The molecular weight excluding hydrogens is 434 g/mol. The van der Waals surface area contributed by atoms with Crippen LogP contribution in [0.2, 0.25) is 5.02 Å². The molecule has 0 aromatic heterocycles. The van der Waals surface area contributed by atoms with E-state index >= 15 is 0 Å². The predicted octanol–water partition coefficient (Wildman–Crippen LogP) is 3.64. The van der Waals surface area contributed by atoms with Crippen molar-refractivity contribution in [1.82, 2.24) is 14.1 Å². The number of hydrogen-bond donors (Lipinski definition) is 0. The van der Waals surface area contributed by atoms with Crippen LogP contribution in [0.15, 0.2) is 47.4 Å². The van der Waals surface area contributed by atoms with Gasteiger partial charge in [-0.3, -0.25) is 9.69 Å². The van der Waals surface area contributed by atoms with Gasteiger partial charge in [0, 0.05) is 56.4 Å². The summed E-state index contributed by atoms with van der Waals surface area (Å²) in [6.45, 7) is 9.83. The van der Waals surface area contributed by atoms with Gasteiger partial charge in [-0.2, -0.15) is 4.31 Å². The molecule has 0 bridgehead atoms. The van der Waals surface area contributed by atoms with Crippen molar-refractivity contribution < 1.29 is 13.2 Å². The van der Waals surface area contributed by atoms with Crippen molar-refractivity contribution in [2.45, 2.75) is 32.2 Å². The van der Waals surface area contributed by atoms with Gasteiger partial charge in [-0.1, -0.05) is 43.6 Å². The summed E-state index contributed by atoms with van der Waals surface area (Å²) in [5.41, 5.74) is 2.43. The zero-order valence-corrected chi connectivity index (χ0v) is 19.9. The Balaban J connectivity index is 1.70. The molecular formula is C23H30ClN3O3S. The summed E-state index contributed by atoms with van der Waals surface area (Å²) in [4.78, 5) is 17.5. The summed E-state index contributed by atoms with van der Waals surface area (Å²) in [6, 6.07) is 12.7. The van der Waals surface area contributed by atoms with Gasteiger partial charge in [-0.15, -0.1) is 0 Å². The lowest BCUT2D eigenvalue weighted by molar-refractivity contribution is 0.0627. The van der Waals surface area contributed by atoms with Crippen LogP contribution in [0.1, 0.15) is 35.3 Å². The van der Waals surface area contributed by atoms with Crippen LogP contribution in [0.25, 0.3) is 0 Å². The second-order valence-electron chi connectivity index (χ2n) is 7.76. The Bertz CT molecular complexity index is 1010. The standard InChI is InChI=1S/C23H30ClN3O3S/c1-4-27(5-2)31(29,30)21-11-6-18(3)22(16-21)23(28)26-14-12-25(13-15-26)17-19-7-9-20(24)10-8-19/h6-11,16H,4-5,12-15,17H2,1-3H3. The highest BCUT2D eigenvalue weighted by molar-refractivity contribution is 7.89. The third kappa shape index (κ3) is 5.47. The van der Waals surface area contributed by atoms with Crippen molar-refractivity contribution in [3.8, 4) is 0 Å². The summed E-state index contributed by atoms with van der Waals surface area (Å²) >= 11 is 5.95. The molecule has 0 spiro atoms. The number of amides is 1. The van der Waals surface area contributed by atoms with Crippen molar-refractivity contribution in [2.24, 2.45) is 0 Å². The number of hydrogen-bond acceptors (Lipinski definition) is 4. The van der Waals surface area contributed by atoms with Gasteiger partial charge in [0.15, 0.2) is 0 Å². The highest BCUT2D eigenvalue weighted by atomic mass is 35.5. The Morgan fingerprint density at radius 3 is 2.19 bits per heavy atom. The van der Waals surface area contributed by atoms with Crippen LogP contribution in [0.5, 0.6) is 0 Å². The van der Waals surface area contributed by atoms with Crippen molar-refractivity contribution in [1.29, 1.82) is 0 Å². The van der Waals surface area contributed by atoms with Gasteiger partial charge < -0.3 is 4.90 Å². The van der Waals surface area contributed by atoms with Crippen LogP contribution in [-0.2, 0) is 16.6 Å². The fraction of sp³-hybridized carbons (Fsp3) is 0.435. The van der Waals surface area contributed by atoms with E-state index in [0.29, 0.717) is 31.7 Å². The molecule has 168 valence electrons. The lowest BCUT2D eigenvalue weighted by Gasteiger charge is -2.35. The molecule has 0 aliphatic carbocycles. The molecule has 31 heavy (non-hydrogen) atoms. The van der Waals surface area contributed by atoms with E-state index in [0.717, 1.165) is 30.2 Å². The molecule has 1 saturated heterocycles. The Morgan fingerprint density at radius 1 is 1.00 bits per heavy atom. The fourth-order valence-corrected chi connectivity index (χ4v) is 5.44. The molecule has 3 rings (SSSR count). The van der Waals surface area contributed by atoms with Crippen molar-refractivity contribution in [2.75, 3.05) is 39.3 Å². The molecule has 0 N–H and O–H groups in total. The minimum Gasteiger partial charge on any atom is -0.336 e. The van der Waals surface area contributed by atoms with E-state index in [1.165, 1.54) is 15.9 Å². The second kappa shape index (κ2) is 10.1. The first-order valence-electron chi connectivity index (χ1n) is 10.6. The third-order valence-electron chi connectivity index (χ3n) is 5.76. The molecule has 0 radical (unpaired) electrons. The third-order valence-corrected chi connectivity index (χ3v) is 8.06. The zero-order valence-electron chi connectivity index (χ0n) is 18.3. The first-order chi connectivity index (χ1) is 14.8. The maximum Gasteiger partial charge on any atom is 0.254 e. The van der Waals surface area contributed by atoms with E-state index in [9.17, 15) is 13.2 Å². The number of piperazine rings is 1. The summed E-state index contributed by atoms with van der Waals surface area (Å²) < 4.78 is 27.2. The molecule has 1 aliphatic rings. The van der Waals surface area contributed by atoms with Gasteiger partial charge in [-0.25, -0.2) is 8.42 Å². The Labute approximate surface area is 190 Å². The van der Waals surface area contributed by atoms with Gasteiger partial charge in [-0.05, 0) is 42.3 Å². The zero-order chi connectivity index (χ0) is 22.6. The normalized spacial score (nSPS) is 15.5. The second-order valence-corrected chi connectivity index (χ2v) is 10.1. The van der Waals surface area contributed by atoms with E-state index in [2.05, 4.69) is 4.90 Å². The highest BCUT2D eigenvalue weighted by Crippen LogP contribution is 2.22. The molecule has 1 heterocycles. The van der Waals surface area contributed by atoms with Crippen LogP contribution >= 0.6 is 11.6 Å². The van der Waals surface area contributed by atoms with Gasteiger partial charge in [0.1, 0.15) is 0 Å². The molecule has 0 unspecified atom stereocenters. The molecule has 2 aromatic rings. The largest absolute Gasteiger partial charge is 0.336 e. The number of carbonyl (C=O) groups excluding carboxylic acids is 1. The van der Waals surface area contributed by atoms with Gasteiger partial charge >= 0.3 is 0 Å². The quantitative estimate of drug-likeness (QED) is 0.629. The molecule has 6 nitrogen and oxygen atoms in total. The van der Waals surface area contributed by atoms with Crippen LogP contribution < -0.4 is 0 Å². The number of aryl methyl sites for hydroxylation is 1. The van der Waals surface area contributed by atoms with Crippen molar-refractivity contribution in [3.63, 3.8) is 0 Å². The van der Waals surface area contributed by atoms with E-state index < -0.39 is 10.0 Å². The summed E-state index contributed by atoms with van der Waals surface area (Å²) in [5, 5.41) is 0.722. The van der Waals surface area contributed by atoms with Crippen LogP contribution in [0.3, 0.4) is 0 Å². The van der Waals surface area contributed by atoms with E-state index in [1.807, 2.05) is 49.9 Å². The van der Waals surface area contributed by atoms with Crippen molar-refractivity contribution >= 4 is 27.5 Å². The minimum atomic E-state index is -3.61. The van der Waals surface area contributed by atoms with Gasteiger partial charge in [0.05, 0.1) is 4.90 Å². The number of benzene rings is 2. The van der Waals surface area contributed by atoms with Crippen LogP contribution in [-0.4, -0.2) is 67.7 Å². The monoisotopic (exact) mass is 463 g/mol. The highest BCUT2D eigenvalue weighted by Gasteiger charge is 2.27. The first-order valence-corrected chi connectivity index (χ1v) is 12.4. The average Bonchev–Trinajstić information content (AvgIpc) is 2.76. The maximum absolute atomic E-state index is 13.2. The lowest BCUT2D eigenvalue weighted by Crippen LogP contribution is -2.48. The molecule has 0 atom stereocenters. The first kappa shape index (κ1) is 23.7. The number of carbonyl (C=O) groups is 1. The van der Waals surface area contributed by atoms with Crippen molar-refractivity contribution in [3.05, 3.63) is 64.2 Å². The SMILES string of the molecule is CCN(CC)S(=O)(=O)c1ccc(C)c(C(=O)N2CCN(Cc3ccc(Cl)cc3)CC2)c1. The maximum atomic E-state index is 13.2. The summed E-state index contributed by atoms with van der Waals surface area (Å²) in [7, 11) is -3.61. The van der Waals surface area contributed by atoms with Crippen LogP contribution in [0.4, 0.5) is 0 Å². The number of nitrogens with zero attached hydrogens (tertiary/aromatic N) is 3. The Morgan fingerprint density at radius 2 is 1.61 bits per heavy atom. The molecule has 0 saturated carbocycles. The topological polar surface area (TPSA) is 60.9 Å². The smallest absolute Gasteiger partial charge is 0.254 e. The van der Waals surface area contributed by atoms with E-state index in [-0.39, 0.29) is 10.8 Å².